The zero-order valence-corrected chi connectivity index (χ0v) is 18.5. The van der Waals surface area contributed by atoms with Gasteiger partial charge in [-0.1, -0.05) is 24.3 Å². The molecule has 2 aromatic carbocycles. The Kier molecular flexibility index (Phi) is 6.46. The summed E-state index contributed by atoms with van der Waals surface area (Å²) in [6, 6.07) is 13.2. The van der Waals surface area contributed by atoms with Gasteiger partial charge in [-0.3, -0.25) is 10.2 Å². The van der Waals surface area contributed by atoms with Gasteiger partial charge in [0.2, 0.25) is 0 Å². The third-order valence-electron chi connectivity index (χ3n) is 5.89. The Hall–Kier alpha value is -3.32. The smallest absolute Gasteiger partial charge is 0.313 e. The van der Waals surface area contributed by atoms with E-state index < -0.39 is 5.92 Å². The van der Waals surface area contributed by atoms with E-state index in [2.05, 4.69) is 11.9 Å². The molecule has 3 aromatic rings. The lowest BCUT2D eigenvalue weighted by atomic mass is 9.93. The number of carbonyl (C=O) groups is 1. The highest BCUT2D eigenvalue weighted by atomic mass is 16.5. The molecule has 1 aliphatic heterocycles. The van der Waals surface area contributed by atoms with Crippen LogP contribution in [0.3, 0.4) is 0 Å². The van der Waals surface area contributed by atoms with Gasteiger partial charge in [0.05, 0.1) is 18.8 Å². The fraction of sp³-hybridized carbons (Fsp3) is 0.360. The molecule has 0 aliphatic carbocycles. The van der Waals surface area contributed by atoms with Gasteiger partial charge in [-0.15, -0.1) is 0 Å². The number of carbonyl (C=O) groups excluding carboxylic acids is 1. The molecule has 1 saturated heterocycles. The summed E-state index contributed by atoms with van der Waals surface area (Å²) in [7, 11) is 2.09. The number of likely N-dealkylation sites (tertiary alicyclic amines) is 1. The van der Waals surface area contributed by atoms with Crippen molar-refractivity contribution in [2.24, 2.45) is 5.73 Å². The Balaban J connectivity index is 1.56. The van der Waals surface area contributed by atoms with Gasteiger partial charge in [0.25, 0.3) is 0 Å². The molecule has 0 amide bonds. The molecule has 32 heavy (non-hydrogen) atoms. The van der Waals surface area contributed by atoms with E-state index in [1.54, 1.807) is 19.3 Å². The molecule has 2 atom stereocenters. The summed E-state index contributed by atoms with van der Waals surface area (Å²) < 4.78 is 17.2. The molecule has 4 rings (SSSR count). The predicted molar refractivity (Wildman–Crippen MR) is 123 cm³/mol. The van der Waals surface area contributed by atoms with Crippen molar-refractivity contribution >= 4 is 22.6 Å². The molecule has 7 heteroatoms. The number of nitrogens with one attached hydrogen (secondary N) is 1. The molecule has 1 aliphatic rings. The molecule has 0 spiro atoms. The molecule has 1 aromatic heterocycles. The molecular formula is C25H29N3O4. The van der Waals surface area contributed by atoms with E-state index in [4.69, 9.17) is 25.0 Å². The minimum atomic E-state index is -0.497. The minimum Gasteiger partial charge on any atom is -0.489 e. The highest BCUT2D eigenvalue weighted by molar-refractivity contribution is 5.99. The van der Waals surface area contributed by atoms with Crippen LogP contribution in [0.1, 0.15) is 36.1 Å². The average molecular weight is 436 g/mol. The van der Waals surface area contributed by atoms with E-state index in [0.717, 1.165) is 41.6 Å². The summed E-state index contributed by atoms with van der Waals surface area (Å²) in [5.41, 5.74) is 7.08. The number of hydrogen-bond donors (Lipinski definition) is 2. The van der Waals surface area contributed by atoms with Gasteiger partial charge in [0, 0.05) is 35.8 Å². The molecule has 3 N–H and O–H groups in total. The average Bonchev–Trinajstić information content (AvgIpc) is 3.38. The first-order valence-corrected chi connectivity index (χ1v) is 10.9. The fourth-order valence-electron chi connectivity index (χ4n) is 4.17. The van der Waals surface area contributed by atoms with Crippen LogP contribution in [0.5, 0.6) is 5.75 Å². The standard InChI is InChI=1S/C25H29N3O4/c1-3-30-25(29)22(13-23-21-9-6-17(24(26)27)12-18(21)15-31-23)16-4-7-19(8-5-16)32-20-10-11-28(2)14-20/h4-9,12,15,20,22H,3,10-11,13-14H2,1-2H3,(H3,26,27)/t20-,22?/m0/s1. The van der Waals surface area contributed by atoms with Gasteiger partial charge < -0.3 is 24.5 Å². The van der Waals surface area contributed by atoms with Crippen molar-refractivity contribution < 1.29 is 18.7 Å². The number of ether oxygens (including phenoxy) is 2. The largest absolute Gasteiger partial charge is 0.489 e. The third kappa shape index (κ3) is 4.78. The second kappa shape index (κ2) is 9.44. The van der Waals surface area contributed by atoms with Crippen LogP contribution >= 0.6 is 0 Å². The first kappa shape index (κ1) is 21.9. The number of fused-ring (bicyclic) bond motifs is 1. The van der Waals surface area contributed by atoms with Crippen LogP contribution in [0.15, 0.2) is 53.1 Å². The summed E-state index contributed by atoms with van der Waals surface area (Å²) in [6.07, 6.45) is 3.21. The number of nitrogens with zero attached hydrogens (tertiary/aromatic N) is 1. The fourth-order valence-corrected chi connectivity index (χ4v) is 4.17. The number of hydrogen-bond acceptors (Lipinski definition) is 6. The summed E-state index contributed by atoms with van der Waals surface area (Å²) >= 11 is 0. The Morgan fingerprint density at radius 2 is 2.06 bits per heavy atom. The Bertz CT molecular complexity index is 1110. The Labute approximate surface area is 187 Å². The molecule has 7 nitrogen and oxygen atoms in total. The van der Waals surface area contributed by atoms with Gasteiger partial charge in [-0.25, -0.2) is 0 Å². The second-order valence-electron chi connectivity index (χ2n) is 8.24. The molecule has 1 fully saturated rings. The van der Waals surface area contributed by atoms with Crippen molar-refractivity contribution in [1.82, 2.24) is 4.90 Å². The highest BCUT2D eigenvalue weighted by Crippen LogP contribution is 2.30. The maximum absolute atomic E-state index is 12.8. The molecule has 1 unspecified atom stereocenters. The first-order valence-electron chi connectivity index (χ1n) is 10.9. The van der Waals surface area contributed by atoms with E-state index in [1.807, 2.05) is 36.4 Å². The Morgan fingerprint density at radius 3 is 2.72 bits per heavy atom. The second-order valence-corrected chi connectivity index (χ2v) is 8.24. The number of nitrogen functional groups attached to an aromatic ring is 1. The zero-order valence-electron chi connectivity index (χ0n) is 18.5. The minimum absolute atomic E-state index is 0.00519. The predicted octanol–water partition coefficient (Wildman–Crippen LogP) is 3.69. The first-order chi connectivity index (χ1) is 15.4. The number of esters is 1. The van der Waals surface area contributed by atoms with E-state index in [-0.39, 0.29) is 17.9 Å². The zero-order chi connectivity index (χ0) is 22.7. The van der Waals surface area contributed by atoms with Crippen LogP contribution in [0, 0.1) is 5.41 Å². The van der Waals surface area contributed by atoms with Gasteiger partial charge >= 0.3 is 5.97 Å². The number of nitrogens with two attached hydrogens (primary N) is 1. The normalized spacial score (nSPS) is 17.4. The van der Waals surface area contributed by atoms with Gasteiger partial charge in [0.1, 0.15) is 23.4 Å². The molecule has 0 radical (unpaired) electrons. The summed E-state index contributed by atoms with van der Waals surface area (Å²) in [6.45, 7) is 4.07. The maximum Gasteiger partial charge on any atom is 0.313 e. The van der Waals surface area contributed by atoms with E-state index in [9.17, 15) is 4.79 Å². The monoisotopic (exact) mass is 435 g/mol. The number of likely N-dealkylation sites (N-methyl/N-ethyl adjacent to an activating group) is 1. The molecule has 0 saturated carbocycles. The van der Waals surface area contributed by atoms with E-state index in [1.165, 1.54) is 0 Å². The van der Waals surface area contributed by atoms with Crippen molar-refractivity contribution in [2.75, 3.05) is 26.7 Å². The quantitative estimate of drug-likeness (QED) is 0.318. The van der Waals surface area contributed by atoms with Crippen LogP contribution < -0.4 is 10.5 Å². The van der Waals surface area contributed by atoms with Crippen LogP contribution in [-0.2, 0) is 16.0 Å². The van der Waals surface area contributed by atoms with Gasteiger partial charge in [-0.05, 0) is 44.2 Å². The lowest BCUT2D eigenvalue weighted by molar-refractivity contribution is -0.145. The summed E-state index contributed by atoms with van der Waals surface area (Å²) in [5, 5.41) is 9.36. The number of amidine groups is 1. The van der Waals surface area contributed by atoms with Crippen LogP contribution in [-0.4, -0.2) is 49.6 Å². The van der Waals surface area contributed by atoms with Crippen LogP contribution in [0.2, 0.25) is 0 Å². The van der Waals surface area contributed by atoms with E-state index >= 15 is 0 Å². The van der Waals surface area contributed by atoms with Gasteiger partial charge in [-0.2, -0.15) is 0 Å². The summed E-state index contributed by atoms with van der Waals surface area (Å²) in [4.78, 5) is 15.1. The number of furan rings is 1. The molecule has 0 bridgehead atoms. The topological polar surface area (TPSA) is 102 Å². The van der Waals surface area contributed by atoms with Crippen LogP contribution in [0.4, 0.5) is 0 Å². The SMILES string of the molecule is CCOC(=O)C(Cc1occ2cc(C(=N)N)ccc12)c1ccc(O[C@H]2CCN(C)C2)cc1. The lowest BCUT2D eigenvalue weighted by Gasteiger charge is -2.17. The highest BCUT2D eigenvalue weighted by Gasteiger charge is 2.26. The number of benzene rings is 2. The van der Waals surface area contributed by atoms with Crippen molar-refractivity contribution in [1.29, 1.82) is 5.41 Å². The lowest BCUT2D eigenvalue weighted by Crippen LogP contribution is -2.21. The number of rotatable bonds is 8. The molecule has 168 valence electrons. The Morgan fingerprint density at radius 1 is 1.28 bits per heavy atom. The van der Waals surface area contributed by atoms with Crippen molar-refractivity contribution in [3.05, 3.63) is 65.6 Å². The van der Waals surface area contributed by atoms with Gasteiger partial charge in [0.15, 0.2) is 0 Å². The van der Waals surface area contributed by atoms with Crippen molar-refractivity contribution in [3.8, 4) is 5.75 Å². The maximum atomic E-state index is 12.8. The van der Waals surface area contributed by atoms with Crippen LogP contribution in [0.25, 0.3) is 10.8 Å². The molecule has 2 heterocycles. The van der Waals surface area contributed by atoms with Crippen molar-refractivity contribution in [2.45, 2.75) is 31.8 Å². The molecular weight excluding hydrogens is 406 g/mol. The van der Waals surface area contributed by atoms with Crippen molar-refractivity contribution in [3.63, 3.8) is 0 Å². The van der Waals surface area contributed by atoms with E-state index in [0.29, 0.717) is 24.4 Å². The summed E-state index contributed by atoms with van der Waals surface area (Å²) in [5.74, 6) is 0.719. The third-order valence-corrected chi connectivity index (χ3v) is 5.89.